The van der Waals surface area contributed by atoms with Crippen LogP contribution >= 0.6 is 0 Å². The molecule has 8 nitrogen and oxygen atoms in total. The van der Waals surface area contributed by atoms with Crippen molar-refractivity contribution in [2.45, 2.75) is 32.9 Å². The normalized spacial score (nSPS) is 15.7. The van der Waals surface area contributed by atoms with Crippen LogP contribution in [0.2, 0.25) is 0 Å². The molecule has 206 valence electrons. The Morgan fingerprint density at radius 3 is 2.62 bits per heavy atom. The number of halogens is 1. The second-order valence-electron chi connectivity index (χ2n) is 10.3. The molecule has 0 N–H and O–H groups in total. The van der Waals surface area contributed by atoms with Crippen LogP contribution in [0.4, 0.5) is 4.39 Å². The fraction of sp³-hybridized carbons (Fsp3) is 0.290. The lowest BCUT2D eigenvalue weighted by Gasteiger charge is -2.26. The molecule has 1 amide bonds. The molecule has 2 aliphatic heterocycles. The van der Waals surface area contributed by atoms with Crippen molar-refractivity contribution in [1.82, 2.24) is 4.90 Å². The lowest BCUT2D eigenvalue weighted by molar-refractivity contribution is 0.0714. The molecular formula is C31H28FNO7. The zero-order valence-electron chi connectivity index (χ0n) is 22.4. The van der Waals surface area contributed by atoms with Gasteiger partial charge in [0.15, 0.2) is 28.4 Å². The highest BCUT2D eigenvalue weighted by Crippen LogP contribution is 2.42. The van der Waals surface area contributed by atoms with Crippen molar-refractivity contribution in [3.63, 3.8) is 0 Å². The van der Waals surface area contributed by atoms with Crippen molar-refractivity contribution in [1.29, 1.82) is 0 Å². The first-order valence-corrected chi connectivity index (χ1v) is 13.1. The summed E-state index contributed by atoms with van der Waals surface area (Å²) in [5, 5.41) is 0.0714. The Bertz CT molecular complexity index is 1680. The van der Waals surface area contributed by atoms with E-state index in [-0.39, 0.29) is 35.6 Å². The number of ether oxygens (including phenoxy) is 4. The van der Waals surface area contributed by atoms with Gasteiger partial charge in [0.1, 0.15) is 11.4 Å². The zero-order chi connectivity index (χ0) is 28.0. The molecule has 3 aromatic carbocycles. The van der Waals surface area contributed by atoms with E-state index in [0.29, 0.717) is 41.1 Å². The number of amides is 1. The van der Waals surface area contributed by atoms with E-state index in [4.69, 9.17) is 23.4 Å². The summed E-state index contributed by atoms with van der Waals surface area (Å²) in [5.41, 5.74) is 1.24. The highest BCUT2D eigenvalue weighted by molar-refractivity contribution is 5.99. The van der Waals surface area contributed by atoms with E-state index in [1.807, 2.05) is 18.2 Å². The monoisotopic (exact) mass is 545 g/mol. The lowest BCUT2D eigenvalue weighted by atomic mass is 9.97. The minimum absolute atomic E-state index is 0.0638. The molecule has 0 spiro atoms. The predicted octanol–water partition coefficient (Wildman–Crippen LogP) is 5.84. The summed E-state index contributed by atoms with van der Waals surface area (Å²) in [7, 11) is 1.54. The minimum atomic E-state index is -0.810. The first kappa shape index (κ1) is 25.7. The number of methoxy groups -OCH3 is 1. The van der Waals surface area contributed by atoms with Crippen molar-refractivity contribution >= 4 is 16.9 Å². The number of rotatable bonds is 8. The van der Waals surface area contributed by atoms with Crippen LogP contribution in [-0.4, -0.2) is 31.3 Å². The predicted molar refractivity (Wildman–Crippen MR) is 145 cm³/mol. The molecule has 0 fully saturated rings. The number of carbonyl (C=O) groups excluding carboxylic acids is 1. The second-order valence-corrected chi connectivity index (χ2v) is 10.3. The second kappa shape index (κ2) is 10.2. The molecule has 0 saturated carbocycles. The van der Waals surface area contributed by atoms with Gasteiger partial charge in [0.05, 0.1) is 30.7 Å². The third-order valence-corrected chi connectivity index (χ3v) is 7.17. The maximum atomic E-state index is 14.1. The highest BCUT2D eigenvalue weighted by atomic mass is 19.1. The van der Waals surface area contributed by atoms with E-state index in [2.05, 4.69) is 13.8 Å². The van der Waals surface area contributed by atoms with Crippen LogP contribution in [0.5, 0.6) is 23.0 Å². The smallest absolute Gasteiger partial charge is 0.291 e. The van der Waals surface area contributed by atoms with Gasteiger partial charge in [-0.05, 0) is 65.9 Å². The van der Waals surface area contributed by atoms with Crippen LogP contribution in [-0.2, 0) is 6.54 Å². The molecule has 3 heterocycles. The third kappa shape index (κ3) is 4.51. The van der Waals surface area contributed by atoms with E-state index in [9.17, 15) is 14.0 Å². The quantitative estimate of drug-likeness (QED) is 0.275. The van der Waals surface area contributed by atoms with Gasteiger partial charge in [0.25, 0.3) is 5.91 Å². The number of fused-ring (bicyclic) bond motifs is 3. The molecule has 40 heavy (non-hydrogen) atoms. The molecule has 1 aromatic heterocycles. The molecule has 9 heteroatoms. The molecule has 0 radical (unpaired) electrons. The van der Waals surface area contributed by atoms with E-state index in [0.717, 1.165) is 18.1 Å². The molecular weight excluding hydrogens is 517 g/mol. The Kier molecular flexibility index (Phi) is 6.57. The van der Waals surface area contributed by atoms with E-state index < -0.39 is 23.2 Å². The Morgan fingerprint density at radius 2 is 1.82 bits per heavy atom. The molecule has 0 unspecified atom stereocenters. The molecule has 6 rings (SSSR count). The average molecular weight is 546 g/mol. The largest absolute Gasteiger partial charge is 0.493 e. The first-order valence-electron chi connectivity index (χ1n) is 13.1. The third-order valence-electron chi connectivity index (χ3n) is 7.17. The van der Waals surface area contributed by atoms with E-state index >= 15 is 0 Å². The first-order chi connectivity index (χ1) is 19.3. The van der Waals surface area contributed by atoms with Crippen LogP contribution in [0.15, 0.2) is 63.8 Å². The minimum Gasteiger partial charge on any atom is -0.493 e. The molecule has 1 atom stereocenters. The van der Waals surface area contributed by atoms with Gasteiger partial charge in [-0.1, -0.05) is 26.0 Å². The number of benzene rings is 3. The number of hydrogen-bond acceptors (Lipinski definition) is 7. The summed E-state index contributed by atoms with van der Waals surface area (Å²) in [4.78, 5) is 29.2. The lowest BCUT2D eigenvalue weighted by Crippen LogP contribution is -2.29. The molecule has 4 aromatic rings. The molecule has 0 aliphatic carbocycles. The summed E-state index contributed by atoms with van der Waals surface area (Å²) < 4.78 is 42.6. The summed E-state index contributed by atoms with van der Waals surface area (Å²) in [5.74, 6) is 1.64. The number of hydrogen-bond donors (Lipinski definition) is 0. The van der Waals surface area contributed by atoms with Gasteiger partial charge < -0.3 is 28.3 Å². The van der Waals surface area contributed by atoms with Gasteiger partial charge in [0.2, 0.25) is 12.6 Å². The van der Waals surface area contributed by atoms with Gasteiger partial charge in [-0.2, -0.15) is 0 Å². The van der Waals surface area contributed by atoms with Crippen LogP contribution < -0.4 is 24.4 Å². The summed E-state index contributed by atoms with van der Waals surface area (Å²) in [6, 6.07) is 13.7. The van der Waals surface area contributed by atoms with Gasteiger partial charge in [-0.25, -0.2) is 4.39 Å². The summed E-state index contributed by atoms with van der Waals surface area (Å²) in [6.07, 6.45) is 0.878. The fourth-order valence-corrected chi connectivity index (χ4v) is 5.12. The Morgan fingerprint density at radius 1 is 1.00 bits per heavy atom. The highest BCUT2D eigenvalue weighted by Gasteiger charge is 2.43. The van der Waals surface area contributed by atoms with Crippen molar-refractivity contribution in [2.24, 2.45) is 5.92 Å². The summed E-state index contributed by atoms with van der Waals surface area (Å²) in [6.45, 7) is 5.05. The SMILES string of the molecule is COc1cc([C@H]2c3c(oc4ccc(F)cc4c3=O)C(=O)N2Cc2ccc3c(c2)OCO3)ccc1OCCC(C)C. The van der Waals surface area contributed by atoms with Gasteiger partial charge in [0, 0.05) is 6.54 Å². The van der Waals surface area contributed by atoms with Gasteiger partial charge >= 0.3 is 0 Å². The van der Waals surface area contributed by atoms with Gasteiger partial charge in [-0.3, -0.25) is 9.59 Å². The van der Waals surface area contributed by atoms with Gasteiger partial charge in [-0.15, -0.1) is 0 Å². The van der Waals surface area contributed by atoms with Crippen LogP contribution in [0.25, 0.3) is 11.0 Å². The maximum absolute atomic E-state index is 14.1. The fourth-order valence-electron chi connectivity index (χ4n) is 5.12. The Labute approximate surface area is 229 Å². The molecule has 0 saturated heterocycles. The van der Waals surface area contributed by atoms with Crippen molar-refractivity contribution < 1.29 is 32.5 Å². The topological polar surface area (TPSA) is 87.4 Å². The zero-order valence-corrected chi connectivity index (χ0v) is 22.4. The molecule has 0 bridgehead atoms. The van der Waals surface area contributed by atoms with Crippen LogP contribution in [0.1, 0.15) is 53.6 Å². The molecule has 2 aliphatic rings. The van der Waals surface area contributed by atoms with Crippen molar-refractivity contribution in [2.75, 3.05) is 20.5 Å². The summed E-state index contributed by atoms with van der Waals surface area (Å²) >= 11 is 0. The standard InChI is InChI=1S/C31H28FNO7/c1-17(2)10-11-37-23-8-5-19(13-25(23)36-3)28-27-29(34)21-14-20(32)6-9-22(21)40-30(27)31(35)33(28)15-18-4-7-24-26(12-18)39-16-38-24/h4-9,12-14,17,28H,10-11,15-16H2,1-3H3/t28-/m0/s1. The average Bonchev–Trinajstić information content (AvgIpc) is 3.52. The van der Waals surface area contributed by atoms with E-state index in [1.165, 1.54) is 19.2 Å². The van der Waals surface area contributed by atoms with Crippen LogP contribution in [0, 0.1) is 11.7 Å². The van der Waals surface area contributed by atoms with Crippen LogP contribution in [0.3, 0.4) is 0 Å². The van der Waals surface area contributed by atoms with Crippen molar-refractivity contribution in [3.8, 4) is 23.0 Å². The van der Waals surface area contributed by atoms with E-state index in [1.54, 1.807) is 23.1 Å². The maximum Gasteiger partial charge on any atom is 0.291 e. The number of carbonyl (C=O) groups is 1. The Balaban J connectivity index is 1.46. The number of nitrogens with zero attached hydrogens (tertiary/aromatic N) is 1. The Hall–Kier alpha value is -4.53. The van der Waals surface area contributed by atoms with Crippen molar-refractivity contribution in [3.05, 3.63) is 93.1 Å².